The van der Waals surface area contributed by atoms with E-state index in [1.54, 1.807) is 24.3 Å². The molecule has 5 nitrogen and oxygen atoms in total. The molecular formula is C19H18N2O3S. The molecule has 0 fully saturated rings. The Hall–Kier alpha value is -2.65. The van der Waals surface area contributed by atoms with Crippen molar-refractivity contribution in [2.24, 2.45) is 0 Å². The van der Waals surface area contributed by atoms with Gasteiger partial charge in [0.2, 0.25) is 0 Å². The van der Waals surface area contributed by atoms with Gasteiger partial charge in [0.25, 0.3) is 5.91 Å². The fraction of sp³-hybridized carbons (Fsp3) is 0.316. The summed E-state index contributed by atoms with van der Waals surface area (Å²) in [7, 11) is 0. The van der Waals surface area contributed by atoms with Crippen LogP contribution in [0.5, 0.6) is 0 Å². The number of rotatable bonds is 5. The highest BCUT2D eigenvalue weighted by molar-refractivity contribution is 7.14. The molecule has 1 aromatic heterocycles. The lowest BCUT2D eigenvalue weighted by molar-refractivity contribution is -0.119. The average molecular weight is 354 g/mol. The number of carbonyl (C=O) groups excluding carboxylic acids is 2. The Kier molecular flexibility index (Phi) is 5.46. The minimum Gasteiger partial charge on any atom is -0.451 e. The van der Waals surface area contributed by atoms with Gasteiger partial charge in [-0.05, 0) is 55.0 Å². The lowest BCUT2D eigenvalue weighted by Crippen LogP contribution is -2.20. The van der Waals surface area contributed by atoms with Crippen LogP contribution < -0.4 is 5.32 Å². The molecular weight excluding hydrogens is 336 g/mol. The van der Waals surface area contributed by atoms with Crippen molar-refractivity contribution < 1.29 is 14.3 Å². The number of nitrogens with one attached hydrogen (secondary N) is 1. The van der Waals surface area contributed by atoms with E-state index in [0.717, 1.165) is 31.2 Å². The smallest absolute Gasteiger partial charge is 0.348 e. The fourth-order valence-electron chi connectivity index (χ4n) is 2.79. The van der Waals surface area contributed by atoms with Gasteiger partial charge in [-0.15, -0.1) is 11.3 Å². The number of carbonyl (C=O) groups is 2. The molecule has 1 aliphatic rings. The van der Waals surface area contributed by atoms with Crippen molar-refractivity contribution in [3.05, 3.63) is 51.2 Å². The quantitative estimate of drug-likeness (QED) is 0.834. The van der Waals surface area contributed by atoms with Crippen LogP contribution in [0.2, 0.25) is 0 Å². The Morgan fingerprint density at radius 2 is 1.96 bits per heavy atom. The van der Waals surface area contributed by atoms with Crippen LogP contribution in [0.1, 0.15) is 38.5 Å². The van der Waals surface area contributed by atoms with E-state index in [4.69, 9.17) is 10.00 Å². The molecule has 1 aromatic carbocycles. The molecule has 0 radical (unpaired) electrons. The first-order valence-electron chi connectivity index (χ1n) is 8.20. The Labute approximate surface area is 150 Å². The molecule has 0 unspecified atom stereocenters. The summed E-state index contributed by atoms with van der Waals surface area (Å²) in [5, 5.41) is 11.3. The number of benzene rings is 1. The van der Waals surface area contributed by atoms with Crippen LogP contribution in [0, 0.1) is 11.3 Å². The van der Waals surface area contributed by atoms with Crippen molar-refractivity contribution in [1.82, 2.24) is 0 Å². The number of fused-ring (bicyclic) bond motifs is 1. The van der Waals surface area contributed by atoms with Crippen LogP contribution in [0.3, 0.4) is 0 Å². The maximum Gasteiger partial charge on any atom is 0.348 e. The molecule has 128 valence electrons. The van der Waals surface area contributed by atoms with E-state index in [-0.39, 0.29) is 12.5 Å². The number of nitriles is 1. The average Bonchev–Trinajstić information content (AvgIpc) is 3.06. The third kappa shape index (κ3) is 4.46. The normalized spacial score (nSPS) is 12.8. The summed E-state index contributed by atoms with van der Waals surface area (Å²) < 4.78 is 5.12. The molecule has 1 heterocycles. The van der Waals surface area contributed by atoms with Gasteiger partial charge in [-0.2, -0.15) is 5.26 Å². The first-order chi connectivity index (χ1) is 12.2. The topological polar surface area (TPSA) is 79.2 Å². The molecule has 2 aromatic rings. The number of hydrogen-bond acceptors (Lipinski definition) is 5. The van der Waals surface area contributed by atoms with E-state index >= 15 is 0 Å². The van der Waals surface area contributed by atoms with Gasteiger partial charge in [0.05, 0.1) is 12.5 Å². The summed E-state index contributed by atoms with van der Waals surface area (Å²) in [5.74, 6) is -0.832. The fourth-order valence-corrected chi connectivity index (χ4v) is 3.94. The van der Waals surface area contributed by atoms with Crippen molar-refractivity contribution in [2.45, 2.75) is 32.1 Å². The van der Waals surface area contributed by atoms with Crippen molar-refractivity contribution in [1.29, 1.82) is 5.26 Å². The third-order valence-electron chi connectivity index (χ3n) is 4.05. The van der Waals surface area contributed by atoms with Gasteiger partial charge >= 0.3 is 5.97 Å². The number of esters is 1. The molecule has 0 bridgehead atoms. The second kappa shape index (κ2) is 7.95. The van der Waals surface area contributed by atoms with Crippen LogP contribution >= 0.6 is 11.3 Å². The van der Waals surface area contributed by atoms with E-state index in [1.807, 2.05) is 6.07 Å². The molecule has 1 N–H and O–H groups in total. The summed E-state index contributed by atoms with van der Waals surface area (Å²) >= 11 is 1.47. The van der Waals surface area contributed by atoms with Crippen molar-refractivity contribution in [3.8, 4) is 6.07 Å². The van der Waals surface area contributed by atoms with Gasteiger partial charge in [0, 0.05) is 10.6 Å². The highest BCUT2D eigenvalue weighted by atomic mass is 32.1. The van der Waals surface area contributed by atoms with Gasteiger partial charge in [0.1, 0.15) is 4.88 Å². The predicted octanol–water partition coefficient (Wildman–Crippen LogP) is 3.49. The Morgan fingerprint density at radius 3 is 2.68 bits per heavy atom. The van der Waals surface area contributed by atoms with Crippen molar-refractivity contribution >= 4 is 28.9 Å². The minimum atomic E-state index is -0.445. The standard InChI is InChI=1S/C19H18N2O3S/c20-10-9-13-5-7-15(8-6-13)21-18(22)12-24-19(23)17-11-14-3-1-2-4-16(14)25-17/h5-8,11H,1-4,9,12H2,(H,21,22). The SMILES string of the molecule is N#CCc1ccc(NC(=O)COC(=O)c2cc3c(s2)CCCC3)cc1. The van der Waals surface area contributed by atoms with E-state index in [0.29, 0.717) is 17.0 Å². The lowest BCUT2D eigenvalue weighted by atomic mass is 9.99. The van der Waals surface area contributed by atoms with Crippen LogP contribution in [0.4, 0.5) is 5.69 Å². The number of anilines is 1. The Balaban J connectivity index is 1.50. The maximum atomic E-state index is 12.1. The molecule has 25 heavy (non-hydrogen) atoms. The van der Waals surface area contributed by atoms with Crippen LogP contribution in [-0.2, 0) is 28.8 Å². The number of ether oxygens (including phenoxy) is 1. The van der Waals surface area contributed by atoms with E-state index < -0.39 is 5.97 Å². The highest BCUT2D eigenvalue weighted by Crippen LogP contribution is 2.30. The number of aryl methyl sites for hydroxylation is 2. The van der Waals surface area contributed by atoms with E-state index in [9.17, 15) is 9.59 Å². The van der Waals surface area contributed by atoms with Crippen molar-refractivity contribution in [2.75, 3.05) is 11.9 Å². The molecule has 1 aliphatic carbocycles. The number of nitrogens with zero attached hydrogens (tertiary/aromatic N) is 1. The molecule has 0 aliphatic heterocycles. The summed E-state index contributed by atoms with van der Waals surface area (Å²) in [6, 6.07) is 11.0. The molecule has 0 spiro atoms. The summed E-state index contributed by atoms with van der Waals surface area (Å²) in [5.41, 5.74) is 2.73. The van der Waals surface area contributed by atoms with Crippen molar-refractivity contribution in [3.63, 3.8) is 0 Å². The second-order valence-corrected chi connectivity index (χ2v) is 7.06. The monoisotopic (exact) mass is 354 g/mol. The first kappa shape index (κ1) is 17.2. The van der Waals surface area contributed by atoms with E-state index in [2.05, 4.69) is 11.4 Å². The van der Waals surface area contributed by atoms with Crippen LogP contribution in [0.25, 0.3) is 0 Å². The zero-order valence-electron chi connectivity index (χ0n) is 13.7. The lowest BCUT2D eigenvalue weighted by Gasteiger charge is -2.08. The first-order valence-corrected chi connectivity index (χ1v) is 9.02. The third-order valence-corrected chi connectivity index (χ3v) is 5.27. The second-order valence-electron chi connectivity index (χ2n) is 5.92. The van der Waals surface area contributed by atoms with Crippen LogP contribution in [-0.4, -0.2) is 18.5 Å². The Morgan fingerprint density at radius 1 is 1.20 bits per heavy atom. The number of amides is 1. The maximum absolute atomic E-state index is 12.1. The highest BCUT2D eigenvalue weighted by Gasteiger charge is 2.18. The largest absolute Gasteiger partial charge is 0.451 e. The molecule has 0 saturated heterocycles. The zero-order chi connectivity index (χ0) is 17.6. The van der Waals surface area contributed by atoms with Crippen LogP contribution in [0.15, 0.2) is 30.3 Å². The molecule has 1 amide bonds. The number of thiophene rings is 1. The summed E-state index contributed by atoms with van der Waals surface area (Å²) in [6.45, 7) is -0.318. The van der Waals surface area contributed by atoms with Gasteiger partial charge in [-0.1, -0.05) is 12.1 Å². The zero-order valence-corrected chi connectivity index (χ0v) is 14.5. The van der Waals surface area contributed by atoms with Gasteiger partial charge < -0.3 is 10.1 Å². The summed E-state index contributed by atoms with van der Waals surface area (Å²) in [4.78, 5) is 25.9. The molecule has 0 atom stereocenters. The summed E-state index contributed by atoms with van der Waals surface area (Å²) in [6.07, 6.45) is 4.69. The molecule has 6 heteroatoms. The predicted molar refractivity (Wildman–Crippen MR) is 95.6 cm³/mol. The van der Waals surface area contributed by atoms with Gasteiger partial charge in [-0.3, -0.25) is 4.79 Å². The van der Waals surface area contributed by atoms with Gasteiger partial charge in [-0.25, -0.2) is 4.79 Å². The molecule has 0 saturated carbocycles. The van der Waals surface area contributed by atoms with E-state index in [1.165, 1.54) is 21.8 Å². The Bertz CT molecular complexity index is 795. The minimum absolute atomic E-state index is 0.318. The van der Waals surface area contributed by atoms with Gasteiger partial charge in [0.15, 0.2) is 6.61 Å². The number of hydrogen-bond donors (Lipinski definition) is 1. The molecule has 3 rings (SSSR count).